The molecule has 0 aromatic rings. The molecule has 6 nitrogen and oxygen atoms in total. The standard InChI is InChI=1S/C17H30N2O4/c1-2-18-11-7-9-15(18)17(22)23-13-5-3-4-10-19-12-6-8-14(19)16(20)21/h14-15H,2-13H2,1H3,(H,20,21). The molecule has 2 fully saturated rings. The third-order valence-corrected chi connectivity index (χ3v) is 5.02. The van der Waals surface area contributed by atoms with Crippen molar-refractivity contribution in [3.05, 3.63) is 0 Å². The summed E-state index contributed by atoms with van der Waals surface area (Å²) in [7, 11) is 0. The molecule has 2 aliphatic rings. The van der Waals surface area contributed by atoms with Crippen molar-refractivity contribution in [3.63, 3.8) is 0 Å². The highest BCUT2D eigenvalue weighted by Gasteiger charge is 2.31. The lowest BCUT2D eigenvalue weighted by Gasteiger charge is -2.21. The smallest absolute Gasteiger partial charge is 0.323 e. The maximum atomic E-state index is 12.0. The Hall–Kier alpha value is -1.14. The van der Waals surface area contributed by atoms with Crippen molar-refractivity contribution in [1.29, 1.82) is 0 Å². The molecule has 1 N–H and O–H groups in total. The maximum absolute atomic E-state index is 12.0. The number of carbonyl (C=O) groups is 2. The topological polar surface area (TPSA) is 70.1 Å². The highest BCUT2D eigenvalue weighted by Crippen LogP contribution is 2.19. The van der Waals surface area contributed by atoms with E-state index < -0.39 is 5.97 Å². The predicted molar refractivity (Wildman–Crippen MR) is 87.3 cm³/mol. The van der Waals surface area contributed by atoms with E-state index in [1.165, 1.54) is 0 Å². The van der Waals surface area contributed by atoms with E-state index in [2.05, 4.69) is 16.7 Å². The van der Waals surface area contributed by atoms with Gasteiger partial charge in [-0.3, -0.25) is 19.4 Å². The van der Waals surface area contributed by atoms with Crippen molar-refractivity contribution < 1.29 is 19.4 Å². The van der Waals surface area contributed by atoms with Crippen LogP contribution in [-0.2, 0) is 14.3 Å². The first-order chi connectivity index (χ1) is 11.1. The number of hydrogen-bond donors (Lipinski definition) is 1. The highest BCUT2D eigenvalue weighted by atomic mass is 16.5. The molecule has 0 spiro atoms. The number of aliphatic carboxylic acids is 1. The number of nitrogens with zero attached hydrogens (tertiary/aromatic N) is 2. The number of carbonyl (C=O) groups excluding carboxylic acids is 1. The number of hydrogen-bond acceptors (Lipinski definition) is 5. The molecule has 6 heteroatoms. The molecular weight excluding hydrogens is 296 g/mol. The summed E-state index contributed by atoms with van der Waals surface area (Å²) in [6.45, 7) is 6.18. The summed E-state index contributed by atoms with van der Waals surface area (Å²) in [6.07, 6.45) is 6.53. The van der Waals surface area contributed by atoms with Crippen molar-refractivity contribution >= 4 is 11.9 Å². The van der Waals surface area contributed by atoms with Gasteiger partial charge in [0.1, 0.15) is 12.1 Å². The first-order valence-corrected chi connectivity index (χ1v) is 9.01. The van der Waals surface area contributed by atoms with Crippen LogP contribution in [0.4, 0.5) is 0 Å². The summed E-state index contributed by atoms with van der Waals surface area (Å²) in [5, 5.41) is 9.13. The van der Waals surface area contributed by atoms with Gasteiger partial charge in [-0.1, -0.05) is 6.92 Å². The van der Waals surface area contributed by atoms with Gasteiger partial charge in [-0.15, -0.1) is 0 Å². The average Bonchev–Trinajstić information content (AvgIpc) is 3.18. The molecule has 0 radical (unpaired) electrons. The number of likely N-dealkylation sites (tertiary alicyclic amines) is 2. The zero-order chi connectivity index (χ0) is 16.7. The summed E-state index contributed by atoms with van der Waals surface area (Å²) in [5.74, 6) is -0.775. The molecule has 2 rings (SSSR count). The second kappa shape index (κ2) is 9.23. The van der Waals surface area contributed by atoms with Crippen LogP contribution in [0.2, 0.25) is 0 Å². The van der Waals surface area contributed by atoms with E-state index in [0.717, 1.165) is 71.1 Å². The Morgan fingerprint density at radius 1 is 1.04 bits per heavy atom. The van der Waals surface area contributed by atoms with Crippen molar-refractivity contribution in [1.82, 2.24) is 9.80 Å². The Morgan fingerprint density at radius 2 is 1.74 bits per heavy atom. The van der Waals surface area contributed by atoms with Gasteiger partial charge in [-0.2, -0.15) is 0 Å². The SMILES string of the molecule is CCN1CCCC1C(=O)OCCCCCN1CCCC1C(=O)O. The molecule has 2 heterocycles. The van der Waals surface area contributed by atoms with Crippen LogP contribution in [0, 0.1) is 0 Å². The van der Waals surface area contributed by atoms with E-state index in [9.17, 15) is 9.59 Å². The number of rotatable bonds is 9. The summed E-state index contributed by atoms with van der Waals surface area (Å²) >= 11 is 0. The van der Waals surface area contributed by atoms with Crippen LogP contribution in [0.15, 0.2) is 0 Å². The van der Waals surface area contributed by atoms with Crippen LogP contribution >= 0.6 is 0 Å². The van der Waals surface area contributed by atoms with Crippen LogP contribution < -0.4 is 0 Å². The van der Waals surface area contributed by atoms with Crippen molar-refractivity contribution in [2.75, 3.05) is 32.8 Å². The Morgan fingerprint density at radius 3 is 2.43 bits per heavy atom. The molecule has 2 unspecified atom stereocenters. The normalized spacial score (nSPS) is 25.8. The summed E-state index contributed by atoms with van der Waals surface area (Å²) in [6, 6.07) is -0.337. The van der Waals surface area contributed by atoms with E-state index >= 15 is 0 Å². The minimum absolute atomic E-state index is 0.0408. The first kappa shape index (κ1) is 18.2. The molecule has 0 aromatic heterocycles. The zero-order valence-electron chi connectivity index (χ0n) is 14.2. The fourth-order valence-corrected chi connectivity index (χ4v) is 3.71. The van der Waals surface area contributed by atoms with Crippen LogP contribution in [0.3, 0.4) is 0 Å². The van der Waals surface area contributed by atoms with E-state index in [-0.39, 0.29) is 18.1 Å². The van der Waals surface area contributed by atoms with Gasteiger partial charge < -0.3 is 9.84 Å². The Labute approximate surface area is 138 Å². The Balaban J connectivity index is 1.54. The molecule has 2 atom stereocenters. The fourth-order valence-electron chi connectivity index (χ4n) is 3.71. The van der Waals surface area contributed by atoms with Crippen LogP contribution in [0.5, 0.6) is 0 Å². The number of ether oxygens (including phenoxy) is 1. The Bertz CT molecular complexity index is 402. The van der Waals surface area contributed by atoms with Gasteiger partial charge in [0.15, 0.2) is 0 Å². The van der Waals surface area contributed by atoms with Crippen molar-refractivity contribution in [3.8, 4) is 0 Å². The van der Waals surface area contributed by atoms with Crippen molar-refractivity contribution in [2.45, 2.75) is 64.0 Å². The summed E-state index contributed by atoms with van der Waals surface area (Å²) in [5.41, 5.74) is 0. The van der Waals surface area contributed by atoms with E-state index in [0.29, 0.717) is 6.61 Å². The van der Waals surface area contributed by atoms with Gasteiger partial charge >= 0.3 is 11.9 Å². The summed E-state index contributed by atoms with van der Waals surface area (Å²) in [4.78, 5) is 27.4. The quantitative estimate of drug-likeness (QED) is 0.514. The zero-order valence-corrected chi connectivity index (χ0v) is 14.2. The molecule has 2 aliphatic heterocycles. The Kier molecular flexibility index (Phi) is 7.30. The number of carboxylic acid groups (broad SMARTS) is 1. The van der Waals surface area contributed by atoms with Crippen LogP contribution in [-0.4, -0.2) is 71.7 Å². The van der Waals surface area contributed by atoms with Crippen molar-refractivity contribution in [2.24, 2.45) is 0 Å². The minimum atomic E-state index is -0.700. The van der Waals surface area contributed by atoms with Gasteiger partial charge in [0.05, 0.1) is 6.61 Å². The van der Waals surface area contributed by atoms with Gasteiger partial charge in [0.25, 0.3) is 0 Å². The molecule has 0 aromatic carbocycles. The number of esters is 1. The third kappa shape index (κ3) is 5.18. The van der Waals surface area contributed by atoms with Crippen LogP contribution in [0.25, 0.3) is 0 Å². The second-order valence-electron chi connectivity index (χ2n) is 6.55. The molecule has 0 bridgehead atoms. The molecule has 0 saturated carbocycles. The minimum Gasteiger partial charge on any atom is -0.480 e. The van der Waals surface area contributed by atoms with Gasteiger partial charge in [0.2, 0.25) is 0 Å². The monoisotopic (exact) mass is 326 g/mol. The van der Waals surface area contributed by atoms with Gasteiger partial charge in [-0.05, 0) is 71.1 Å². The first-order valence-electron chi connectivity index (χ1n) is 9.01. The molecule has 132 valence electrons. The number of carboxylic acids is 1. The lowest BCUT2D eigenvalue weighted by molar-refractivity contribution is -0.149. The molecule has 2 saturated heterocycles. The predicted octanol–water partition coefficient (Wildman–Crippen LogP) is 1.73. The number of unbranched alkanes of at least 4 members (excludes halogenated alkanes) is 2. The fraction of sp³-hybridized carbons (Fsp3) is 0.882. The lowest BCUT2D eigenvalue weighted by Crippen LogP contribution is -2.37. The molecule has 0 aliphatic carbocycles. The largest absolute Gasteiger partial charge is 0.480 e. The van der Waals surface area contributed by atoms with E-state index in [1.54, 1.807) is 0 Å². The number of likely N-dealkylation sites (N-methyl/N-ethyl adjacent to an activating group) is 1. The molecular formula is C17H30N2O4. The van der Waals surface area contributed by atoms with E-state index in [1.807, 2.05) is 0 Å². The third-order valence-electron chi connectivity index (χ3n) is 5.02. The van der Waals surface area contributed by atoms with Gasteiger partial charge in [0, 0.05) is 0 Å². The van der Waals surface area contributed by atoms with E-state index in [4.69, 9.17) is 9.84 Å². The maximum Gasteiger partial charge on any atom is 0.323 e. The summed E-state index contributed by atoms with van der Waals surface area (Å²) < 4.78 is 5.40. The second-order valence-corrected chi connectivity index (χ2v) is 6.55. The van der Waals surface area contributed by atoms with Crippen LogP contribution in [0.1, 0.15) is 51.9 Å². The molecule has 23 heavy (non-hydrogen) atoms. The van der Waals surface area contributed by atoms with Gasteiger partial charge in [-0.25, -0.2) is 0 Å². The highest BCUT2D eigenvalue weighted by molar-refractivity contribution is 5.76. The molecule has 0 amide bonds. The lowest BCUT2D eigenvalue weighted by atomic mass is 10.2. The average molecular weight is 326 g/mol.